The van der Waals surface area contributed by atoms with Gasteiger partial charge >= 0.3 is 0 Å². The van der Waals surface area contributed by atoms with E-state index < -0.39 is 0 Å². The van der Waals surface area contributed by atoms with Gasteiger partial charge in [-0.3, -0.25) is 4.79 Å². The molecule has 1 aromatic carbocycles. The van der Waals surface area contributed by atoms with Crippen LogP contribution in [0.2, 0.25) is 0 Å². The highest BCUT2D eigenvalue weighted by molar-refractivity contribution is 5.77. The molecule has 1 saturated heterocycles. The Labute approximate surface area is 147 Å². The van der Waals surface area contributed by atoms with Crippen LogP contribution in [0, 0.1) is 5.82 Å². The summed E-state index contributed by atoms with van der Waals surface area (Å²) in [5, 5.41) is 3.11. The van der Waals surface area contributed by atoms with Crippen molar-refractivity contribution in [2.75, 3.05) is 6.61 Å². The third kappa shape index (κ3) is 4.45. The number of rotatable bonds is 5. The Morgan fingerprint density at radius 3 is 2.88 bits per heavy atom. The third-order valence-electron chi connectivity index (χ3n) is 4.73. The van der Waals surface area contributed by atoms with Gasteiger partial charge in [-0.15, -0.1) is 0 Å². The minimum atomic E-state index is -0.261. The second-order valence-electron chi connectivity index (χ2n) is 6.70. The summed E-state index contributed by atoms with van der Waals surface area (Å²) >= 11 is 0. The fourth-order valence-corrected chi connectivity index (χ4v) is 3.27. The lowest BCUT2D eigenvalue weighted by Gasteiger charge is -2.30. The SMILES string of the molecule is C[C@H](CC(=O)N[C@H]1CCO[C@H](c2nccn2C)C1)c1ccc(F)cc1. The Morgan fingerprint density at radius 1 is 1.44 bits per heavy atom. The third-order valence-corrected chi connectivity index (χ3v) is 4.73. The van der Waals surface area contributed by atoms with Crippen LogP contribution >= 0.6 is 0 Å². The Morgan fingerprint density at radius 2 is 2.20 bits per heavy atom. The van der Waals surface area contributed by atoms with Crippen LogP contribution < -0.4 is 5.32 Å². The van der Waals surface area contributed by atoms with E-state index in [0.29, 0.717) is 13.0 Å². The quantitative estimate of drug-likeness (QED) is 0.906. The van der Waals surface area contributed by atoms with Crippen molar-refractivity contribution < 1.29 is 13.9 Å². The molecule has 2 heterocycles. The van der Waals surface area contributed by atoms with Crippen molar-refractivity contribution >= 4 is 5.91 Å². The molecule has 134 valence electrons. The maximum Gasteiger partial charge on any atom is 0.220 e. The number of imidazole rings is 1. The lowest BCUT2D eigenvalue weighted by atomic mass is 9.96. The second-order valence-corrected chi connectivity index (χ2v) is 6.70. The number of halogens is 1. The van der Waals surface area contributed by atoms with Crippen LogP contribution in [-0.4, -0.2) is 28.1 Å². The molecular formula is C19H24FN3O2. The van der Waals surface area contributed by atoms with Gasteiger partial charge in [0, 0.05) is 44.9 Å². The van der Waals surface area contributed by atoms with Gasteiger partial charge in [0.2, 0.25) is 5.91 Å². The number of carbonyl (C=O) groups is 1. The van der Waals surface area contributed by atoms with E-state index in [1.807, 2.05) is 24.7 Å². The molecular weight excluding hydrogens is 321 g/mol. The van der Waals surface area contributed by atoms with E-state index in [4.69, 9.17) is 4.74 Å². The van der Waals surface area contributed by atoms with Gasteiger partial charge in [0.1, 0.15) is 17.7 Å². The first-order chi connectivity index (χ1) is 12.0. The average molecular weight is 345 g/mol. The smallest absolute Gasteiger partial charge is 0.220 e. The van der Waals surface area contributed by atoms with E-state index in [9.17, 15) is 9.18 Å². The van der Waals surface area contributed by atoms with Crippen LogP contribution in [0.3, 0.4) is 0 Å². The summed E-state index contributed by atoms with van der Waals surface area (Å²) in [5.74, 6) is 0.689. The number of aryl methyl sites for hydroxylation is 1. The van der Waals surface area contributed by atoms with E-state index >= 15 is 0 Å². The normalized spacial score (nSPS) is 21.7. The van der Waals surface area contributed by atoms with E-state index in [0.717, 1.165) is 24.2 Å². The number of benzene rings is 1. The first kappa shape index (κ1) is 17.6. The lowest BCUT2D eigenvalue weighted by Crippen LogP contribution is -2.40. The van der Waals surface area contributed by atoms with Gasteiger partial charge in [0.05, 0.1) is 0 Å². The highest BCUT2D eigenvalue weighted by Gasteiger charge is 2.27. The van der Waals surface area contributed by atoms with Gasteiger partial charge in [0.25, 0.3) is 0 Å². The molecule has 1 amide bonds. The second kappa shape index (κ2) is 7.78. The molecule has 5 nitrogen and oxygen atoms in total. The van der Waals surface area contributed by atoms with Crippen LogP contribution in [-0.2, 0) is 16.6 Å². The van der Waals surface area contributed by atoms with Crippen molar-refractivity contribution in [3.8, 4) is 0 Å². The van der Waals surface area contributed by atoms with Crippen LogP contribution in [0.1, 0.15) is 49.6 Å². The molecule has 1 aromatic heterocycles. The van der Waals surface area contributed by atoms with Crippen LogP contribution in [0.15, 0.2) is 36.7 Å². The number of nitrogens with one attached hydrogen (secondary N) is 1. The summed E-state index contributed by atoms with van der Waals surface area (Å²) < 4.78 is 20.8. The van der Waals surface area contributed by atoms with E-state index in [-0.39, 0.29) is 29.8 Å². The highest BCUT2D eigenvalue weighted by Crippen LogP contribution is 2.27. The van der Waals surface area contributed by atoms with Crippen LogP contribution in [0.4, 0.5) is 4.39 Å². The summed E-state index contributed by atoms with van der Waals surface area (Å²) in [4.78, 5) is 16.7. The number of hydrogen-bond donors (Lipinski definition) is 1. The number of aromatic nitrogens is 2. The number of hydrogen-bond acceptors (Lipinski definition) is 3. The maximum atomic E-state index is 13.0. The molecule has 0 spiro atoms. The van der Waals surface area contributed by atoms with Crippen LogP contribution in [0.25, 0.3) is 0 Å². The predicted molar refractivity (Wildman–Crippen MR) is 92.5 cm³/mol. The van der Waals surface area contributed by atoms with Gasteiger partial charge < -0.3 is 14.6 Å². The fraction of sp³-hybridized carbons (Fsp3) is 0.474. The van der Waals surface area contributed by atoms with Gasteiger partial charge in [-0.05, 0) is 30.0 Å². The van der Waals surface area contributed by atoms with Crippen LogP contribution in [0.5, 0.6) is 0 Å². The zero-order valence-electron chi connectivity index (χ0n) is 14.6. The van der Waals surface area contributed by atoms with E-state index in [1.54, 1.807) is 18.3 Å². The molecule has 25 heavy (non-hydrogen) atoms. The molecule has 3 atom stereocenters. The summed E-state index contributed by atoms with van der Waals surface area (Å²) in [6, 6.07) is 6.42. The van der Waals surface area contributed by atoms with Crippen molar-refractivity contribution in [2.24, 2.45) is 7.05 Å². The topological polar surface area (TPSA) is 56.1 Å². The zero-order chi connectivity index (χ0) is 17.8. The monoisotopic (exact) mass is 345 g/mol. The molecule has 1 aliphatic rings. The molecule has 0 radical (unpaired) electrons. The summed E-state index contributed by atoms with van der Waals surface area (Å²) in [5.41, 5.74) is 0.967. The van der Waals surface area contributed by atoms with Crippen molar-refractivity contribution in [1.82, 2.24) is 14.9 Å². The minimum absolute atomic E-state index is 0.0160. The standard InChI is InChI=1S/C19H24FN3O2/c1-13(14-3-5-15(20)6-4-14)11-18(24)22-16-7-10-25-17(12-16)19-21-8-9-23(19)2/h3-6,8-9,13,16-17H,7,10-12H2,1-2H3,(H,22,24)/t13-,16+,17+/m1/s1. The summed E-state index contributed by atoms with van der Waals surface area (Å²) in [6.07, 6.45) is 5.47. The summed E-state index contributed by atoms with van der Waals surface area (Å²) in [6.45, 7) is 2.59. The number of carbonyl (C=O) groups excluding carboxylic acids is 1. The number of ether oxygens (including phenoxy) is 1. The Bertz CT molecular complexity index is 714. The van der Waals surface area contributed by atoms with E-state index in [2.05, 4.69) is 10.3 Å². The van der Waals surface area contributed by atoms with Gasteiger partial charge in [0.15, 0.2) is 0 Å². The molecule has 1 fully saturated rings. The maximum absolute atomic E-state index is 13.0. The van der Waals surface area contributed by atoms with Crippen molar-refractivity contribution in [1.29, 1.82) is 0 Å². The van der Waals surface area contributed by atoms with E-state index in [1.165, 1.54) is 12.1 Å². The van der Waals surface area contributed by atoms with Crippen molar-refractivity contribution in [2.45, 2.75) is 44.2 Å². The molecule has 0 saturated carbocycles. The molecule has 3 rings (SSSR count). The largest absolute Gasteiger partial charge is 0.370 e. The van der Waals surface area contributed by atoms with Gasteiger partial charge in [-0.2, -0.15) is 0 Å². The molecule has 0 aliphatic carbocycles. The Balaban J connectivity index is 1.53. The van der Waals surface area contributed by atoms with Crippen molar-refractivity contribution in [3.63, 3.8) is 0 Å². The van der Waals surface area contributed by atoms with Crippen molar-refractivity contribution in [3.05, 3.63) is 53.9 Å². The first-order valence-electron chi connectivity index (χ1n) is 8.66. The molecule has 1 aliphatic heterocycles. The highest BCUT2D eigenvalue weighted by atomic mass is 19.1. The first-order valence-corrected chi connectivity index (χ1v) is 8.66. The lowest BCUT2D eigenvalue weighted by molar-refractivity contribution is -0.123. The zero-order valence-corrected chi connectivity index (χ0v) is 14.6. The molecule has 6 heteroatoms. The summed E-state index contributed by atoms with van der Waals surface area (Å²) in [7, 11) is 1.94. The minimum Gasteiger partial charge on any atom is -0.370 e. The number of amides is 1. The molecule has 0 bridgehead atoms. The fourth-order valence-electron chi connectivity index (χ4n) is 3.27. The molecule has 2 aromatic rings. The molecule has 1 N–H and O–H groups in total. The number of nitrogens with zero attached hydrogens (tertiary/aromatic N) is 2. The van der Waals surface area contributed by atoms with Gasteiger partial charge in [-0.1, -0.05) is 19.1 Å². The predicted octanol–water partition coefficient (Wildman–Crippen LogP) is 3.09. The molecule has 0 unspecified atom stereocenters. The Hall–Kier alpha value is -2.21. The Kier molecular flexibility index (Phi) is 5.48. The van der Waals surface area contributed by atoms with Gasteiger partial charge in [-0.25, -0.2) is 9.37 Å². The average Bonchev–Trinajstić information content (AvgIpc) is 3.01.